The van der Waals surface area contributed by atoms with Crippen molar-refractivity contribution in [2.75, 3.05) is 12.5 Å². The van der Waals surface area contributed by atoms with Gasteiger partial charge in [0.25, 0.3) is 0 Å². The minimum absolute atomic E-state index is 0.0549. The molecule has 2 aromatic carbocycles. The second-order valence-corrected chi connectivity index (χ2v) is 9.58. The Morgan fingerprint density at radius 2 is 1.68 bits per heavy atom. The Labute approximate surface area is 220 Å². The van der Waals surface area contributed by atoms with Crippen molar-refractivity contribution in [3.8, 4) is 0 Å². The molecule has 2 aromatic rings. The third-order valence-electron chi connectivity index (χ3n) is 6.34. The molecule has 2 amide bonds. The molecule has 1 fully saturated rings. The molecule has 3 rings (SSSR count). The highest BCUT2D eigenvalue weighted by atomic mass is 35.5. The van der Waals surface area contributed by atoms with Gasteiger partial charge in [-0.2, -0.15) is 26.3 Å². The highest BCUT2D eigenvalue weighted by Crippen LogP contribution is 2.39. The molecule has 3 atom stereocenters. The van der Waals surface area contributed by atoms with Gasteiger partial charge in [-0.05, 0) is 49.1 Å². The van der Waals surface area contributed by atoms with Gasteiger partial charge in [0.1, 0.15) is 6.04 Å². The second-order valence-electron chi connectivity index (χ2n) is 9.20. The third kappa shape index (κ3) is 7.41. The van der Waals surface area contributed by atoms with Crippen LogP contribution in [0.4, 0.5) is 26.3 Å². The summed E-state index contributed by atoms with van der Waals surface area (Å²) in [6, 6.07) is 8.99. The average Bonchev–Trinajstić information content (AvgIpc) is 3.17. The van der Waals surface area contributed by atoms with Crippen LogP contribution < -0.4 is 10.6 Å². The van der Waals surface area contributed by atoms with E-state index in [9.17, 15) is 35.9 Å². The first-order valence-electron chi connectivity index (χ1n) is 11.9. The fraction of sp³-hybridized carbons (Fsp3) is 0.462. The minimum atomic E-state index is -4.99. The molecule has 38 heavy (non-hydrogen) atoms. The smallest absolute Gasteiger partial charge is 0.371 e. The molecule has 1 aliphatic heterocycles. The maximum atomic E-state index is 13.3. The molecule has 0 aliphatic carbocycles. The molecule has 5 nitrogen and oxygen atoms in total. The molecule has 0 spiro atoms. The number of rotatable bonds is 10. The van der Waals surface area contributed by atoms with E-state index in [1.165, 1.54) is 6.92 Å². The van der Waals surface area contributed by atoms with Crippen LogP contribution in [0.25, 0.3) is 0 Å². The topological polar surface area (TPSA) is 67.4 Å². The Balaban J connectivity index is 1.84. The van der Waals surface area contributed by atoms with Crippen molar-refractivity contribution in [2.24, 2.45) is 0 Å². The van der Waals surface area contributed by atoms with Crippen LogP contribution in [0.5, 0.6) is 0 Å². The summed E-state index contributed by atoms with van der Waals surface area (Å²) in [6.07, 6.45) is -9.73. The quantitative estimate of drug-likeness (QED) is 0.208. The summed E-state index contributed by atoms with van der Waals surface area (Å²) in [5, 5.41) is 5.50. The van der Waals surface area contributed by atoms with Crippen molar-refractivity contribution >= 4 is 23.4 Å². The highest BCUT2D eigenvalue weighted by molar-refractivity contribution is 6.17. The largest absolute Gasteiger partial charge is 0.416 e. The molecule has 208 valence electrons. The van der Waals surface area contributed by atoms with E-state index < -0.39 is 47.1 Å². The Morgan fingerprint density at radius 1 is 1.08 bits per heavy atom. The number of benzene rings is 2. The lowest BCUT2D eigenvalue weighted by atomic mass is 9.88. The molecule has 1 unspecified atom stereocenters. The predicted octanol–water partition coefficient (Wildman–Crippen LogP) is 6.11. The Hall–Kier alpha value is -2.79. The zero-order chi connectivity index (χ0) is 28.1. The number of nitrogens with one attached hydrogen (secondary N) is 2. The fourth-order valence-corrected chi connectivity index (χ4v) is 4.47. The molecule has 2 N–H and O–H groups in total. The maximum Gasteiger partial charge on any atom is 0.416 e. The summed E-state index contributed by atoms with van der Waals surface area (Å²) < 4.78 is 85.6. The Bertz CT molecular complexity index is 1090. The fourth-order valence-electron chi connectivity index (χ4n) is 4.28. The molecule has 1 aliphatic rings. The van der Waals surface area contributed by atoms with Gasteiger partial charge in [0.2, 0.25) is 11.8 Å². The first kappa shape index (κ1) is 29.8. The Kier molecular flexibility index (Phi) is 9.35. The van der Waals surface area contributed by atoms with E-state index >= 15 is 0 Å². The number of halogens is 7. The molecule has 1 saturated heterocycles. The summed E-state index contributed by atoms with van der Waals surface area (Å²) in [6.45, 7) is 1.07. The molecule has 1 heterocycles. The van der Waals surface area contributed by atoms with Crippen LogP contribution in [-0.4, -0.2) is 30.3 Å². The standard InChI is InChI=1S/C26H27ClF6N2O3/c1-16(17-11-19(25(28,29)30)13-20(12-17)26(31,32)33)38-15-24(18-7-3-2-4-8-18)14-21(23(37)35-24)34-22(36)9-5-6-10-27/h2-4,7-8,11-13,16,21H,5-6,9-10,14-15H2,1H3,(H,34,36)(H,35,37)/t16-,21?,24-/m1/s1. The Morgan fingerprint density at radius 3 is 2.24 bits per heavy atom. The van der Waals surface area contributed by atoms with Gasteiger partial charge >= 0.3 is 12.4 Å². The second kappa shape index (κ2) is 11.9. The number of carbonyl (C=O) groups is 2. The van der Waals surface area contributed by atoms with Crippen molar-refractivity contribution in [1.82, 2.24) is 10.6 Å². The van der Waals surface area contributed by atoms with Crippen molar-refractivity contribution in [2.45, 2.75) is 62.6 Å². The van der Waals surface area contributed by atoms with Crippen LogP contribution in [0.15, 0.2) is 48.5 Å². The maximum absolute atomic E-state index is 13.3. The van der Waals surface area contributed by atoms with E-state index in [0.717, 1.165) is 0 Å². The van der Waals surface area contributed by atoms with Gasteiger partial charge in [-0.25, -0.2) is 0 Å². The van der Waals surface area contributed by atoms with Crippen molar-refractivity contribution in [1.29, 1.82) is 0 Å². The minimum Gasteiger partial charge on any atom is -0.371 e. The SMILES string of the molecule is C[C@@H](OC[C@@]1(c2ccccc2)CC(NC(=O)CCCCCl)C(=O)N1)c1cc(C(F)(F)F)cc(C(F)(F)F)c1. The summed E-state index contributed by atoms with van der Waals surface area (Å²) >= 11 is 5.63. The molecule has 12 heteroatoms. The van der Waals surface area contributed by atoms with Crippen LogP contribution in [-0.2, 0) is 32.2 Å². The lowest BCUT2D eigenvalue weighted by molar-refractivity contribution is -0.143. The zero-order valence-corrected chi connectivity index (χ0v) is 21.1. The molecule has 0 bridgehead atoms. The van der Waals surface area contributed by atoms with E-state index in [-0.39, 0.29) is 37.0 Å². The lowest BCUT2D eigenvalue weighted by Crippen LogP contribution is -2.43. The molecular formula is C26H27ClF6N2O3. The average molecular weight is 565 g/mol. The summed E-state index contributed by atoms with van der Waals surface area (Å²) in [4.78, 5) is 25.1. The van der Waals surface area contributed by atoms with Gasteiger partial charge in [0, 0.05) is 18.7 Å². The zero-order valence-electron chi connectivity index (χ0n) is 20.4. The van der Waals surface area contributed by atoms with Gasteiger partial charge in [-0.15, -0.1) is 11.6 Å². The number of alkyl halides is 7. The van der Waals surface area contributed by atoms with Crippen LogP contribution in [0.3, 0.4) is 0 Å². The molecule has 0 saturated carbocycles. The van der Waals surface area contributed by atoms with Crippen molar-refractivity contribution in [3.63, 3.8) is 0 Å². The predicted molar refractivity (Wildman–Crippen MR) is 128 cm³/mol. The van der Waals surface area contributed by atoms with Crippen molar-refractivity contribution in [3.05, 3.63) is 70.8 Å². The van der Waals surface area contributed by atoms with Gasteiger partial charge in [-0.3, -0.25) is 9.59 Å². The number of hydrogen-bond acceptors (Lipinski definition) is 3. The van der Waals surface area contributed by atoms with Crippen molar-refractivity contribution < 1.29 is 40.7 Å². The monoisotopic (exact) mass is 564 g/mol. The lowest BCUT2D eigenvalue weighted by Gasteiger charge is -2.31. The first-order valence-corrected chi connectivity index (χ1v) is 12.4. The number of unbranched alkanes of at least 4 members (excludes halogenated alkanes) is 1. The first-order chi connectivity index (χ1) is 17.7. The van der Waals surface area contributed by atoms with Gasteiger partial charge < -0.3 is 15.4 Å². The third-order valence-corrected chi connectivity index (χ3v) is 6.61. The number of amides is 2. The van der Waals surface area contributed by atoms with E-state index in [1.54, 1.807) is 30.3 Å². The van der Waals surface area contributed by atoms with Crippen LogP contribution in [0.1, 0.15) is 61.0 Å². The molecular weight excluding hydrogens is 538 g/mol. The molecule has 0 radical (unpaired) electrons. The molecule has 0 aromatic heterocycles. The highest BCUT2D eigenvalue weighted by Gasteiger charge is 2.46. The number of ether oxygens (including phenoxy) is 1. The number of hydrogen-bond donors (Lipinski definition) is 2. The van der Waals surface area contributed by atoms with E-state index in [4.69, 9.17) is 16.3 Å². The van der Waals surface area contributed by atoms with Crippen LogP contribution in [0.2, 0.25) is 0 Å². The van der Waals surface area contributed by atoms with Gasteiger partial charge in [-0.1, -0.05) is 30.3 Å². The van der Waals surface area contributed by atoms with E-state index in [1.807, 2.05) is 0 Å². The van der Waals surface area contributed by atoms with Crippen LogP contribution >= 0.6 is 11.6 Å². The van der Waals surface area contributed by atoms with E-state index in [2.05, 4.69) is 10.6 Å². The normalized spacial score (nSPS) is 20.7. The summed E-state index contributed by atoms with van der Waals surface area (Å²) in [7, 11) is 0. The van der Waals surface area contributed by atoms with E-state index in [0.29, 0.717) is 36.4 Å². The summed E-state index contributed by atoms with van der Waals surface area (Å²) in [5.74, 6) is -0.411. The van der Waals surface area contributed by atoms with Gasteiger partial charge in [0.15, 0.2) is 0 Å². The number of carbonyl (C=O) groups excluding carboxylic acids is 2. The van der Waals surface area contributed by atoms with Crippen LogP contribution in [0, 0.1) is 0 Å². The van der Waals surface area contributed by atoms with Gasteiger partial charge in [0.05, 0.1) is 29.4 Å². The summed E-state index contributed by atoms with van der Waals surface area (Å²) in [5.41, 5.74) is -3.76.